The summed E-state index contributed by atoms with van der Waals surface area (Å²) in [5.74, 6) is 0.685. The fraction of sp³-hybridized carbons (Fsp3) is 0.625. The Hall–Kier alpha value is -0.770. The summed E-state index contributed by atoms with van der Waals surface area (Å²) in [5.41, 5.74) is 0.122. The number of halogens is 1. The van der Waals surface area contributed by atoms with E-state index in [-0.39, 0.29) is 12.1 Å². The molecule has 0 aliphatic rings. The zero-order valence-corrected chi connectivity index (χ0v) is 13.4. The normalized spacial score (nSPS) is 13.2. The second-order valence-corrected chi connectivity index (χ2v) is 5.58. The van der Waals surface area contributed by atoms with Gasteiger partial charge in [0.2, 0.25) is 0 Å². The minimum Gasteiger partial charge on any atom is -0.491 e. The molecule has 4 heteroatoms. The fourth-order valence-electron chi connectivity index (χ4n) is 2.27. The first-order valence-corrected chi connectivity index (χ1v) is 7.74. The molecule has 0 amide bonds. The molecule has 3 nitrogen and oxygen atoms in total. The molecule has 0 saturated carbocycles. The van der Waals surface area contributed by atoms with E-state index in [1.807, 2.05) is 12.1 Å². The number of nitrogens with one attached hydrogen (secondary N) is 1. The zero-order chi connectivity index (χ0) is 15.0. The monoisotopic (exact) mass is 299 g/mol. The van der Waals surface area contributed by atoms with E-state index >= 15 is 0 Å². The Bertz CT molecular complexity index is 386. The molecule has 0 spiro atoms. The summed E-state index contributed by atoms with van der Waals surface area (Å²) in [7, 11) is 0. The zero-order valence-electron chi connectivity index (χ0n) is 12.7. The highest BCUT2D eigenvalue weighted by molar-refractivity contribution is 6.30. The van der Waals surface area contributed by atoms with Gasteiger partial charge in [-0.1, -0.05) is 38.4 Å². The first-order valence-electron chi connectivity index (χ1n) is 7.36. The van der Waals surface area contributed by atoms with Crippen LogP contribution in [0, 0.1) is 0 Å². The number of β-amino-alcohol motifs (C(OH)–C–C–N with tert-alkyl or cyclic N) is 1. The van der Waals surface area contributed by atoms with Crippen molar-refractivity contribution in [1.82, 2.24) is 5.32 Å². The van der Waals surface area contributed by atoms with Crippen LogP contribution in [-0.2, 0) is 0 Å². The number of rotatable bonds is 9. The summed E-state index contributed by atoms with van der Waals surface area (Å²) < 4.78 is 5.54. The van der Waals surface area contributed by atoms with Crippen LogP contribution in [0.15, 0.2) is 24.3 Å². The number of benzene rings is 1. The van der Waals surface area contributed by atoms with Gasteiger partial charge in [-0.15, -0.1) is 0 Å². The van der Waals surface area contributed by atoms with Crippen molar-refractivity contribution >= 4 is 11.6 Å². The first kappa shape index (κ1) is 17.3. The van der Waals surface area contributed by atoms with E-state index in [0.717, 1.165) is 19.3 Å². The van der Waals surface area contributed by atoms with Gasteiger partial charge in [-0.2, -0.15) is 0 Å². The van der Waals surface area contributed by atoms with Crippen LogP contribution in [0.2, 0.25) is 5.02 Å². The van der Waals surface area contributed by atoms with Crippen LogP contribution in [0.3, 0.4) is 0 Å². The third kappa shape index (κ3) is 5.31. The van der Waals surface area contributed by atoms with Crippen LogP contribution in [0.5, 0.6) is 5.75 Å². The highest BCUT2D eigenvalue weighted by Gasteiger charge is 2.23. The Kier molecular flexibility index (Phi) is 7.35. The first-order chi connectivity index (χ1) is 9.55. The van der Waals surface area contributed by atoms with Gasteiger partial charge in [-0.3, -0.25) is 0 Å². The van der Waals surface area contributed by atoms with Crippen molar-refractivity contribution in [3.63, 3.8) is 0 Å². The van der Waals surface area contributed by atoms with Crippen molar-refractivity contribution in [1.29, 1.82) is 0 Å². The Labute approximate surface area is 127 Å². The summed E-state index contributed by atoms with van der Waals surface area (Å²) in [6.45, 7) is 7.33. The fourth-order valence-corrected chi connectivity index (χ4v) is 2.45. The standard InChI is InChI=1S/C16H26ClNO2/c1-4-16(5-2,6-3)18-11-14(19)12-20-15-9-7-8-13(17)10-15/h7-10,14,18-19H,4-6,11-12H2,1-3H3. The summed E-state index contributed by atoms with van der Waals surface area (Å²) in [6.07, 6.45) is 2.64. The van der Waals surface area contributed by atoms with Crippen molar-refractivity contribution in [3.8, 4) is 5.75 Å². The molecule has 1 unspecified atom stereocenters. The lowest BCUT2D eigenvalue weighted by atomic mass is 9.90. The Morgan fingerprint density at radius 2 is 1.90 bits per heavy atom. The number of aliphatic hydroxyl groups is 1. The van der Waals surface area contributed by atoms with E-state index in [4.69, 9.17) is 16.3 Å². The molecule has 0 aliphatic carbocycles. The largest absolute Gasteiger partial charge is 0.491 e. The van der Waals surface area contributed by atoms with Crippen molar-refractivity contribution in [2.75, 3.05) is 13.2 Å². The molecule has 2 N–H and O–H groups in total. The number of hydrogen-bond acceptors (Lipinski definition) is 3. The van der Waals surface area contributed by atoms with Gasteiger partial charge in [-0.05, 0) is 37.5 Å². The van der Waals surface area contributed by atoms with Gasteiger partial charge in [-0.25, -0.2) is 0 Å². The third-order valence-electron chi connectivity index (χ3n) is 3.98. The molecule has 1 atom stereocenters. The topological polar surface area (TPSA) is 41.5 Å². The van der Waals surface area contributed by atoms with Gasteiger partial charge in [0.05, 0.1) is 0 Å². The molecule has 1 aromatic carbocycles. The summed E-state index contributed by atoms with van der Waals surface area (Å²) in [6, 6.07) is 7.21. The second kappa shape index (κ2) is 8.50. The molecule has 0 saturated heterocycles. The average Bonchev–Trinajstić information content (AvgIpc) is 2.47. The summed E-state index contributed by atoms with van der Waals surface area (Å²) in [4.78, 5) is 0. The molecule has 0 radical (unpaired) electrons. The third-order valence-corrected chi connectivity index (χ3v) is 4.22. The van der Waals surface area contributed by atoms with Gasteiger partial charge >= 0.3 is 0 Å². The lowest BCUT2D eigenvalue weighted by Crippen LogP contribution is -2.47. The number of aliphatic hydroxyl groups excluding tert-OH is 1. The molecular weight excluding hydrogens is 274 g/mol. The molecule has 114 valence electrons. The van der Waals surface area contributed by atoms with Crippen molar-refractivity contribution in [2.24, 2.45) is 0 Å². The van der Waals surface area contributed by atoms with Crippen molar-refractivity contribution in [3.05, 3.63) is 29.3 Å². The molecule has 0 bridgehead atoms. The highest BCUT2D eigenvalue weighted by Crippen LogP contribution is 2.19. The molecule has 0 heterocycles. The predicted molar refractivity (Wildman–Crippen MR) is 84.6 cm³/mol. The van der Waals surface area contributed by atoms with Gasteiger partial charge in [0.15, 0.2) is 0 Å². The van der Waals surface area contributed by atoms with Crippen LogP contribution >= 0.6 is 11.6 Å². The minimum atomic E-state index is -0.530. The maximum absolute atomic E-state index is 10.0. The van der Waals surface area contributed by atoms with Gasteiger partial charge in [0.1, 0.15) is 18.5 Å². The quantitative estimate of drug-likeness (QED) is 0.731. The maximum atomic E-state index is 10.0. The molecule has 0 fully saturated rings. The smallest absolute Gasteiger partial charge is 0.120 e. The van der Waals surface area contributed by atoms with Gasteiger partial charge in [0.25, 0.3) is 0 Å². The maximum Gasteiger partial charge on any atom is 0.120 e. The van der Waals surface area contributed by atoms with Crippen LogP contribution in [0.25, 0.3) is 0 Å². The van der Waals surface area contributed by atoms with Crippen molar-refractivity contribution < 1.29 is 9.84 Å². The van der Waals surface area contributed by atoms with Crippen LogP contribution in [0.4, 0.5) is 0 Å². The Morgan fingerprint density at radius 3 is 2.45 bits per heavy atom. The van der Waals surface area contributed by atoms with Crippen LogP contribution in [-0.4, -0.2) is 29.9 Å². The van der Waals surface area contributed by atoms with E-state index < -0.39 is 6.10 Å². The van der Waals surface area contributed by atoms with E-state index in [1.54, 1.807) is 12.1 Å². The van der Waals surface area contributed by atoms with E-state index in [2.05, 4.69) is 26.1 Å². The molecule has 1 rings (SSSR count). The molecule has 20 heavy (non-hydrogen) atoms. The lowest BCUT2D eigenvalue weighted by Gasteiger charge is -2.33. The lowest BCUT2D eigenvalue weighted by molar-refractivity contribution is 0.0943. The number of hydrogen-bond donors (Lipinski definition) is 2. The Morgan fingerprint density at radius 1 is 1.25 bits per heavy atom. The van der Waals surface area contributed by atoms with Crippen molar-refractivity contribution in [2.45, 2.75) is 51.7 Å². The Balaban J connectivity index is 2.38. The van der Waals surface area contributed by atoms with E-state index in [1.165, 1.54) is 0 Å². The predicted octanol–water partition coefficient (Wildman–Crippen LogP) is 3.64. The summed E-state index contributed by atoms with van der Waals surface area (Å²) in [5, 5.41) is 14.1. The minimum absolute atomic E-state index is 0.122. The molecule has 0 aromatic heterocycles. The van der Waals surface area contributed by atoms with E-state index in [0.29, 0.717) is 17.3 Å². The van der Waals surface area contributed by atoms with E-state index in [9.17, 15) is 5.11 Å². The SMILES string of the molecule is CCC(CC)(CC)NCC(O)COc1cccc(Cl)c1. The average molecular weight is 300 g/mol. The van der Waals surface area contributed by atoms with Crippen LogP contribution in [0.1, 0.15) is 40.0 Å². The molecular formula is C16H26ClNO2. The van der Waals surface area contributed by atoms with Crippen LogP contribution < -0.4 is 10.1 Å². The molecule has 1 aromatic rings. The summed E-state index contributed by atoms with van der Waals surface area (Å²) >= 11 is 5.88. The molecule has 0 aliphatic heterocycles. The highest BCUT2D eigenvalue weighted by atomic mass is 35.5. The van der Waals surface area contributed by atoms with Gasteiger partial charge in [0, 0.05) is 17.1 Å². The van der Waals surface area contributed by atoms with Gasteiger partial charge < -0.3 is 15.2 Å². The number of ether oxygens (including phenoxy) is 1. The second-order valence-electron chi connectivity index (χ2n) is 5.14.